The van der Waals surface area contributed by atoms with Crippen LogP contribution in [-0.2, 0) is 32.0 Å². The second-order valence-electron chi connectivity index (χ2n) is 7.28. The van der Waals surface area contributed by atoms with Crippen LogP contribution in [0.5, 0.6) is 5.75 Å². The molecule has 2 aromatic rings. The van der Waals surface area contributed by atoms with Crippen LogP contribution in [0, 0.1) is 0 Å². The number of hydrogen-bond acceptors (Lipinski definition) is 8. The molecule has 1 aromatic carbocycles. The van der Waals surface area contributed by atoms with Gasteiger partial charge in [0.1, 0.15) is 10.8 Å². The number of fused-ring (bicyclic) bond motifs is 1. The molecular weight excluding hydrogens is 448 g/mol. The molecule has 3 rings (SSSR count). The summed E-state index contributed by atoms with van der Waals surface area (Å²) in [7, 11) is 1.28. The molecule has 0 bridgehead atoms. The molecule has 0 unspecified atom stereocenters. The van der Waals surface area contributed by atoms with Gasteiger partial charge in [-0.15, -0.1) is 11.3 Å². The highest BCUT2D eigenvalue weighted by molar-refractivity contribution is 7.17. The Bertz CT molecular complexity index is 1110. The number of benzene rings is 1. The zero-order valence-electron chi connectivity index (χ0n) is 18.2. The van der Waals surface area contributed by atoms with Gasteiger partial charge >= 0.3 is 17.8 Å². The van der Waals surface area contributed by atoms with E-state index in [4.69, 9.17) is 15.2 Å². The first-order chi connectivity index (χ1) is 15.8. The maximum atomic E-state index is 12.4. The van der Waals surface area contributed by atoms with Crippen molar-refractivity contribution in [1.29, 1.82) is 0 Å². The van der Waals surface area contributed by atoms with Gasteiger partial charge in [0.05, 0.1) is 18.4 Å². The first kappa shape index (κ1) is 23.9. The van der Waals surface area contributed by atoms with E-state index in [1.54, 1.807) is 31.2 Å². The number of nitrogens with two attached hydrogens (primary N) is 1. The van der Waals surface area contributed by atoms with Crippen molar-refractivity contribution in [1.82, 2.24) is 5.43 Å². The lowest BCUT2D eigenvalue weighted by Gasteiger charge is -2.11. The number of amides is 3. The Morgan fingerprint density at radius 1 is 1.09 bits per heavy atom. The van der Waals surface area contributed by atoms with E-state index >= 15 is 0 Å². The maximum Gasteiger partial charge on any atom is 0.341 e. The number of hydrazone groups is 1. The Morgan fingerprint density at radius 2 is 1.79 bits per heavy atom. The number of aryl methyl sites for hydroxylation is 1. The van der Waals surface area contributed by atoms with E-state index in [-0.39, 0.29) is 6.61 Å². The number of esters is 1. The maximum absolute atomic E-state index is 12.4. The van der Waals surface area contributed by atoms with Gasteiger partial charge in [-0.2, -0.15) is 5.10 Å². The first-order valence-electron chi connectivity index (χ1n) is 10.2. The zero-order chi connectivity index (χ0) is 24.0. The van der Waals surface area contributed by atoms with Crippen LogP contribution in [0.25, 0.3) is 0 Å². The van der Waals surface area contributed by atoms with Crippen LogP contribution in [0.1, 0.15) is 46.1 Å². The molecule has 1 aliphatic carbocycles. The predicted octanol–water partition coefficient (Wildman–Crippen LogP) is 1.76. The van der Waals surface area contributed by atoms with Crippen LogP contribution in [0.15, 0.2) is 29.4 Å². The fourth-order valence-corrected chi connectivity index (χ4v) is 4.60. The van der Waals surface area contributed by atoms with Crippen LogP contribution in [0.2, 0.25) is 0 Å². The average Bonchev–Trinajstić information content (AvgIpc) is 3.18. The van der Waals surface area contributed by atoms with Crippen molar-refractivity contribution in [3.63, 3.8) is 0 Å². The summed E-state index contributed by atoms with van der Waals surface area (Å²) in [5, 5.41) is 6.78. The van der Waals surface area contributed by atoms with Gasteiger partial charge in [-0.3, -0.25) is 14.4 Å². The summed E-state index contributed by atoms with van der Waals surface area (Å²) in [6, 6.07) is 6.61. The van der Waals surface area contributed by atoms with E-state index in [2.05, 4.69) is 15.8 Å². The third-order valence-corrected chi connectivity index (χ3v) is 6.18. The number of thiophene rings is 1. The van der Waals surface area contributed by atoms with Gasteiger partial charge in [0, 0.05) is 4.88 Å². The Labute approximate surface area is 194 Å². The second-order valence-corrected chi connectivity index (χ2v) is 8.38. The Morgan fingerprint density at radius 3 is 2.45 bits per heavy atom. The lowest BCUT2D eigenvalue weighted by atomic mass is 9.95. The van der Waals surface area contributed by atoms with Crippen LogP contribution in [-0.4, -0.2) is 43.1 Å². The van der Waals surface area contributed by atoms with Crippen LogP contribution >= 0.6 is 11.3 Å². The molecule has 1 aromatic heterocycles. The topological polar surface area (TPSA) is 149 Å². The van der Waals surface area contributed by atoms with Crippen molar-refractivity contribution in [3.8, 4) is 5.75 Å². The fraction of sp³-hybridized carbons (Fsp3) is 0.318. The third-order valence-electron chi connectivity index (χ3n) is 4.97. The zero-order valence-corrected chi connectivity index (χ0v) is 19.0. The minimum absolute atomic E-state index is 0.234. The van der Waals surface area contributed by atoms with E-state index in [0.717, 1.165) is 36.1 Å². The fourth-order valence-electron chi connectivity index (χ4n) is 3.33. The van der Waals surface area contributed by atoms with Gasteiger partial charge < -0.3 is 20.5 Å². The number of nitrogens with one attached hydrogen (secondary N) is 2. The SMILES string of the molecule is COC(=O)c1c(NC(=O)C(=O)N/N=C(\C)c2ccc(OCC(N)=O)cc2)sc2c1CCCC2. The molecule has 174 valence electrons. The number of nitrogens with zero attached hydrogens (tertiary/aromatic N) is 1. The van der Waals surface area contributed by atoms with Crippen molar-refractivity contribution in [2.45, 2.75) is 32.6 Å². The monoisotopic (exact) mass is 472 g/mol. The van der Waals surface area contributed by atoms with E-state index in [1.807, 2.05) is 0 Å². The van der Waals surface area contributed by atoms with Gasteiger partial charge in [0.15, 0.2) is 6.61 Å². The first-order valence-corrected chi connectivity index (χ1v) is 11.0. The summed E-state index contributed by atoms with van der Waals surface area (Å²) in [5.41, 5.74) is 9.56. The largest absolute Gasteiger partial charge is 0.484 e. The molecule has 11 heteroatoms. The summed E-state index contributed by atoms with van der Waals surface area (Å²) in [4.78, 5) is 48.8. The number of rotatable bonds is 7. The molecule has 3 amide bonds. The number of anilines is 1. The van der Waals surface area contributed by atoms with Crippen molar-refractivity contribution in [3.05, 3.63) is 45.8 Å². The Balaban J connectivity index is 1.65. The van der Waals surface area contributed by atoms with Crippen molar-refractivity contribution < 1.29 is 28.7 Å². The molecule has 1 aliphatic rings. The second kappa shape index (κ2) is 10.7. The quantitative estimate of drug-likeness (QED) is 0.242. The minimum atomic E-state index is -0.974. The molecule has 1 heterocycles. The summed E-state index contributed by atoms with van der Waals surface area (Å²) >= 11 is 1.29. The highest BCUT2D eigenvalue weighted by atomic mass is 32.1. The van der Waals surface area contributed by atoms with E-state index < -0.39 is 23.7 Å². The molecule has 0 spiro atoms. The Hall–Kier alpha value is -3.73. The van der Waals surface area contributed by atoms with E-state index in [0.29, 0.717) is 27.6 Å². The Kier molecular flexibility index (Phi) is 7.78. The van der Waals surface area contributed by atoms with Gasteiger partial charge in [0.25, 0.3) is 5.91 Å². The lowest BCUT2D eigenvalue weighted by molar-refractivity contribution is -0.136. The molecule has 33 heavy (non-hydrogen) atoms. The number of methoxy groups -OCH3 is 1. The van der Waals surface area contributed by atoms with Gasteiger partial charge in [-0.1, -0.05) is 0 Å². The average molecular weight is 473 g/mol. The molecule has 4 N–H and O–H groups in total. The number of primary amides is 1. The van der Waals surface area contributed by atoms with Gasteiger partial charge in [-0.25, -0.2) is 10.2 Å². The van der Waals surface area contributed by atoms with E-state index in [9.17, 15) is 19.2 Å². The number of carbonyl (C=O) groups excluding carboxylic acids is 4. The molecule has 0 saturated carbocycles. The van der Waals surface area contributed by atoms with Crippen molar-refractivity contribution in [2.75, 3.05) is 19.0 Å². The predicted molar refractivity (Wildman–Crippen MR) is 122 cm³/mol. The van der Waals surface area contributed by atoms with Crippen LogP contribution in [0.4, 0.5) is 5.00 Å². The molecule has 0 saturated heterocycles. The summed E-state index contributed by atoms with van der Waals surface area (Å²) in [6.45, 7) is 1.42. The van der Waals surface area contributed by atoms with Gasteiger partial charge in [0.2, 0.25) is 0 Å². The summed E-state index contributed by atoms with van der Waals surface area (Å²) in [6.07, 6.45) is 3.51. The van der Waals surface area contributed by atoms with Crippen LogP contribution in [0.3, 0.4) is 0 Å². The molecule has 0 radical (unpaired) electrons. The summed E-state index contributed by atoms with van der Waals surface area (Å²) in [5.74, 6) is -2.58. The molecule has 0 fully saturated rings. The highest BCUT2D eigenvalue weighted by Gasteiger charge is 2.28. The van der Waals surface area contributed by atoms with Crippen molar-refractivity contribution >= 4 is 45.7 Å². The van der Waals surface area contributed by atoms with Gasteiger partial charge in [-0.05, 0) is 68.0 Å². The number of hydrogen-bond donors (Lipinski definition) is 3. The summed E-state index contributed by atoms with van der Waals surface area (Å²) < 4.78 is 10.1. The molecular formula is C22H24N4O6S. The number of ether oxygens (including phenoxy) is 2. The lowest BCUT2D eigenvalue weighted by Crippen LogP contribution is -2.33. The molecule has 0 atom stereocenters. The molecule has 10 nitrogen and oxygen atoms in total. The van der Waals surface area contributed by atoms with E-state index in [1.165, 1.54) is 18.4 Å². The highest BCUT2D eigenvalue weighted by Crippen LogP contribution is 2.38. The standard InChI is InChI=1S/C22H24N4O6S/c1-12(13-7-9-14(10-8-13)32-11-17(23)27)25-26-20(29)19(28)24-21-18(22(30)31-2)15-5-3-4-6-16(15)33-21/h7-10H,3-6,11H2,1-2H3,(H2,23,27)(H,24,28)(H,26,29)/b25-12+. The third kappa shape index (κ3) is 5.95. The normalized spacial score (nSPS) is 13.0. The minimum Gasteiger partial charge on any atom is -0.484 e. The molecule has 0 aliphatic heterocycles. The van der Waals surface area contributed by atoms with Crippen molar-refractivity contribution in [2.24, 2.45) is 10.8 Å². The van der Waals surface area contributed by atoms with Crippen LogP contribution < -0.4 is 21.2 Å². The number of carbonyl (C=O) groups is 4. The smallest absolute Gasteiger partial charge is 0.341 e.